The van der Waals surface area contributed by atoms with Gasteiger partial charge in [0.1, 0.15) is 0 Å². The van der Waals surface area contributed by atoms with Crippen molar-refractivity contribution in [3.63, 3.8) is 0 Å². The van der Waals surface area contributed by atoms with Crippen molar-refractivity contribution in [3.05, 3.63) is 205 Å². The van der Waals surface area contributed by atoms with Crippen LogP contribution in [-0.4, -0.2) is 7.32 Å². The van der Waals surface area contributed by atoms with E-state index in [1.807, 2.05) is 72.8 Å². The van der Waals surface area contributed by atoms with Gasteiger partial charge in [-0.3, -0.25) is 0 Å². The van der Waals surface area contributed by atoms with Gasteiger partial charge in [0, 0.05) is 0 Å². The van der Waals surface area contributed by atoms with Crippen LogP contribution < -0.4 is 40.5 Å². The second kappa shape index (κ2) is 14.1. The molecule has 7 rings (SSSR count). The fourth-order valence-corrected chi connectivity index (χ4v) is 13.7. The first-order valence-electron chi connectivity index (χ1n) is 17.0. The molecule has 246 valence electrons. The minimum atomic E-state index is -3.64. The Labute approximate surface area is 296 Å². The van der Waals surface area contributed by atoms with Gasteiger partial charge in [0.25, 0.3) is 0 Å². The quantitative estimate of drug-likeness (QED) is 0.102. The molecule has 7 aromatic carbocycles. The molecule has 0 aliphatic rings. The topological polar surface area (TPSA) is 27.7 Å². The van der Waals surface area contributed by atoms with E-state index in [4.69, 9.17) is 14.0 Å². The number of para-hydroxylation sites is 2. The molecule has 0 aliphatic heterocycles. The first-order valence-corrected chi connectivity index (χ1v) is 19.2. The predicted molar refractivity (Wildman–Crippen MR) is 212 cm³/mol. The van der Waals surface area contributed by atoms with E-state index in [0.717, 1.165) is 0 Å². The summed E-state index contributed by atoms with van der Waals surface area (Å²) >= 11 is 0. The second-order valence-electron chi connectivity index (χ2n) is 12.7. The molecule has 0 radical (unpaired) electrons. The average Bonchev–Trinajstić information content (AvgIpc) is 3.16. The van der Waals surface area contributed by atoms with Crippen LogP contribution in [0.25, 0.3) is 0 Å². The molecule has 50 heavy (non-hydrogen) atoms. The Bertz CT molecular complexity index is 1980. The van der Waals surface area contributed by atoms with Gasteiger partial charge >= 0.3 is 297 Å². The standard InChI is InChI=1S/C45H40BO3P/c1-35-19-27-42(28-20-35)50(41-17-11-6-12-18-41,43-29-21-36(2)22-30-43,44-31-23-37(3)24-32-44)45-33-25-40(26-34-45)49-46(47-38-13-7-4-8-14-38)48-39-15-9-5-10-16-39/h4-34H,1-3H3. The normalized spacial score (nSPS) is 11.9. The zero-order valence-electron chi connectivity index (χ0n) is 28.6. The maximum atomic E-state index is 6.46. The summed E-state index contributed by atoms with van der Waals surface area (Å²) in [7, 11) is -1.01. The van der Waals surface area contributed by atoms with Crippen LogP contribution in [0.5, 0.6) is 17.2 Å². The van der Waals surface area contributed by atoms with E-state index in [0.29, 0.717) is 17.2 Å². The molecule has 0 atom stereocenters. The van der Waals surface area contributed by atoms with E-state index >= 15 is 0 Å². The molecule has 3 nitrogen and oxygen atoms in total. The monoisotopic (exact) mass is 670 g/mol. The van der Waals surface area contributed by atoms with Crippen LogP contribution in [0, 0.1) is 20.8 Å². The van der Waals surface area contributed by atoms with E-state index < -0.39 is 13.9 Å². The van der Waals surface area contributed by atoms with Crippen molar-refractivity contribution in [2.45, 2.75) is 20.8 Å². The van der Waals surface area contributed by atoms with Crippen LogP contribution in [0.2, 0.25) is 0 Å². The Morgan fingerprint density at radius 2 is 0.560 bits per heavy atom. The van der Waals surface area contributed by atoms with Crippen molar-refractivity contribution >= 4 is 40.4 Å². The fraction of sp³-hybridized carbons (Fsp3) is 0.0667. The van der Waals surface area contributed by atoms with Crippen molar-refractivity contribution in [3.8, 4) is 17.2 Å². The molecule has 0 spiro atoms. The molecular formula is C45H40BO3P. The van der Waals surface area contributed by atoms with Crippen LogP contribution >= 0.6 is 6.60 Å². The molecule has 0 amide bonds. The molecule has 0 aromatic heterocycles. The molecular weight excluding hydrogens is 630 g/mol. The van der Waals surface area contributed by atoms with E-state index in [1.54, 1.807) is 0 Å². The summed E-state index contributed by atoms with van der Waals surface area (Å²) in [6.45, 7) is 2.81. The summed E-state index contributed by atoms with van der Waals surface area (Å²) in [5.74, 6) is 1.93. The molecule has 0 bridgehead atoms. The number of rotatable bonds is 11. The number of hydrogen-bond donors (Lipinski definition) is 0. The summed E-state index contributed by atoms with van der Waals surface area (Å²) in [6, 6.07) is 66.3. The Balaban J connectivity index is 1.45. The van der Waals surface area contributed by atoms with Gasteiger partial charge in [0.2, 0.25) is 0 Å². The zero-order chi connectivity index (χ0) is 34.4. The molecule has 7 aromatic rings. The first-order chi connectivity index (χ1) is 24.5. The third-order valence-corrected chi connectivity index (χ3v) is 16.1. The van der Waals surface area contributed by atoms with E-state index in [1.165, 1.54) is 43.2 Å². The Morgan fingerprint density at radius 1 is 0.300 bits per heavy atom. The van der Waals surface area contributed by atoms with Crippen LogP contribution in [0.15, 0.2) is 188 Å². The number of benzene rings is 7. The molecule has 0 fully saturated rings. The molecule has 0 aliphatic carbocycles. The molecule has 0 heterocycles. The molecule has 0 saturated carbocycles. The zero-order valence-corrected chi connectivity index (χ0v) is 29.5. The average molecular weight is 671 g/mol. The van der Waals surface area contributed by atoms with Crippen molar-refractivity contribution in [1.82, 2.24) is 0 Å². The second-order valence-corrected chi connectivity index (χ2v) is 17.5. The third kappa shape index (κ3) is 5.97. The van der Waals surface area contributed by atoms with Gasteiger partial charge in [0.15, 0.2) is 0 Å². The molecule has 0 N–H and O–H groups in total. The fourth-order valence-electron chi connectivity index (χ4n) is 6.97. The van der Waals surface area contributed by atoms with Gasteiger partial charge in [-0.05, 0) is 0 Å². The van der Waals surface area contributed by atoms with Crippen LogP contribution in [0.4, 0.5) is 0 Å². The Hall–Kier alpha value is -5.57. The summed E-state index contributed by atoms with van der Waals surface area (Å²) < 4.78 is 18.9. The SMILES string of the molecule is Cc1ccc(P(c2ccccc2)(c2ccc(C)cc2)(c2ccc(C)cc2)c2ccc(OB(Oc3ccccc3)Oc3ccccc3)cc2)cc1. The van der Waals surface area contributed by atoms with E-state index in [9.17, 15) is 0 Å². The van der Waals surface area contributed by atoms with E-state index in [2.05, 4.69) is 136 Å². The molecule has 0 unspecified atom stereocenters. The van der Waals surface area contributed by atoms with Gasteiger partial charge in [-0.1, -0.05) is 0 Å². The predicted octanol–water partition coefficient (Wildman–Crippen LogP) is 8.61. The van der Waals surface area contributed by atoms with Crippen molar-refractivity contribution in [1.29, 1.82) is 0 Å². The summed E-state index contributed by atoms with van der Waals surface area (Å²) in [5, 5.41) is 6.28. The van der Waals surface area contributed by atoms with Crippen LogP contribution in [0.1, 0.15) is 16.7 Å². The van der Waals surface area contributed by atoms with Gasteiger partial charge in [-0.25, -0.2) is 0 Å². The molecule has 5 heteroatoms. The summed E-state index contributed by atoms with van der Waals surface area (Å²) in [5.41, 5.74) is 3.66. The summed E-state index contributed by atoms with van der Waals surface area (Å²) in [4.78, 5) is 0. The first kappa shape index (κ1) is 33.0. The number of aryl methyl sites for hydroxylation is 3. The molecule has 0 saturated heterocycles. The van der Waals surface area contributed by atoms with Gasteiger partial charge in [-0.2, -0.15) is 0 Å². The maximum absolute atomic E-state index is 6.46. The Kier molecular flexibility index (Phi) is 9.30. The van der Waals surface area contributed by atoms with Crippen molar-refractivity contribution in [2.24, 2.45) is 0 Å². The minimum absolute atomic E-state index is 0.631. The number of hydrogen-bond acceptors (Lipinski definition) is 3. The van der Waals surface area contributed by atoms with Gasteiger partial charge < -0.3 is 0 Å². The van der Waals surface area contributed by atoms with Crippen molar-refractivity contribution < 1.29 is 14.0 Å². The van der Waals surface area contributed by atoms with Crippen LogP contribution in [0.3, 0.4) is 0 Å². The summed E-state index contributed by atoms with van der Waals surface area (Å²) in [6.07, 6.45) is 0. The van der Waals surface area contributed by atoms with Crippen LogP contribution in [-0.2, 0) is 0 Å². The Morgan fingerprint density at radius 3 is 0.900 bits per heavy atom. The van der Waals surface area contributed by atoms with Gasteiger partial charge in [0.05, 0.1) is 0 Å². The third-order valence-electron chi connectivity index (χ3n) is 9.46. The van der Waals surface area contributed by atoms with E-state index in [-0.39, 0.29) is 0 Å². The van der Waals surface area contributed by atoms with Gasteiger partial charge in [-0.15, -0.1) is 0 Å². The van der Waals surface area contributed by atoms with Crippen molar-refractivity contribution in [2.75, 3.05) is 0 Å².